The monoisotopic (exact) mass is 323 g/mol. The van der Waals surface area contributed by atoms with Crippen molar-refractivity contribution in [2.75, 3.05) is 32.8 Å². The Morgan fingerprint density at radius 1 is 1.39 bits per heavy atom. The van der Waals surface area contributed by atoms with Crippen LogP contribution in [-0.2, 0) is 11.3 Å². The van der Waals surface area contributed by atoms with Gasteiger partial charge in [0.1, 0.15) is 11.6 Å². The average molecular weight is 323 g/mol. The Labute approximate surface area is 135 Å². The van der Waals surface area contributed by atoms with Crippen molar-refractivity contribution in [3.63, 3.8) is 0 Å². The highest BCUT2D eigenvalue weighted by Gasteiger charge is 2.42. The smallest absolute Gasteiger partial charge is 0.194 e. The van der Waals surface area contributed by atoms with E-state index in [-0.39, 0.29) is 17.5 Å². The maximum Gasteiger partial charge on any atom is 0.194 e. The number of ether oxygens (including phenoxy) is 1. The Morgan fingerprint density at radius 2 is 2.26 bits per heavy atom. The Hall–Kier alpha value is -1.69. The van der Waals surface area contributed by atoms with Crippen LogP contribution in [0.1, 0.15) is 25.3 Å². The van der Waals surface area contributed by atoms with Crippen LogP contribution in [0.5, 0.6) is 0 Å². The summed E-state index contributed by atoms with van der Waals surface area (Å²) in [4.78, 5) is 6.71. The van der Waals surface area contributed by atoms with Crippen molar-refractivity contribution in [3.05, 3.63) is 35.4 Å². The number of guanidine groups is 1. The van der Waals surface area contributed by atoms with Crippen molar-refractivity contribution in [2.24, 2.45) is 10.4 Å². The second-order valence-corrected chi connectivity index (χ2v) is 6.38. The molecule has 3 rings (SSSR count). The standard InChI is InChI=1S/C17H23F2N3O/c1-2-20-16(21-10-13-9-14(18)3-4-15(13)19)22-7-5-17(11-22)6-8-23-12-17/h3-4,9H,2,5-8,10-12H2,1H3,(H,20,21). The first-order valence-corrected chi connectivity index (χ1v) is 8.17. The van der Waals surface area contributed by atoms with Gasteiger partial charge in [0.15, 0.2) is 5.96 Å². The molecule has 0 amide bonds. The zero-order chi connectivity index (χ0) is 16.3. The molecule has 0 aliphatic carbocycles. The van der Waals surface area contributed by atoms with Gasteiger partial charge in [0.05, 0.1) is 13.2 Å². The molecule has 2 heterocycles. The van der Waals surface area contributed by atoms with Gasteiger partial charge in [-0.2, -0.15) is 0 Å². The number of nitrogens with one attached hydrogen (secondary N) is 1. The summed E-state index contributed by atoms with van der Waals surface area (Å²) in [5.74, 6) is -0.0992. The highest BCUT2D eigenvalue weighted by atomic mass is 19.1. The number of hydrogen-bond donors (Lipinski definition) is 1. The first kappa shape index (κ1) is 16.2. The third-order valence-corrected chi connectivity index (χ3v) is 4.66. The van der Waals surface area contributed by atoms with Crippen molar-refractivity contribution in [1.29, 1.82) is 0 Å². The average Bonchev–Trinajstić information content (AvgIpc) is 3.17. The van der Waals surface area contributed by atoms with E-state index in [0.29, 0.717) is 0 Å². The zero-order valence-electron chi connectivity index (χ0n) is 13.4. The van der Waals surface area contributed by atoms with Crippen LogP contribution in [0.15, 0.2) is 23.2 Å². The molecule has 2 saturated heterocycles. The summed E-state index contributed by atoms with van der Waals surface area (Å²) < 4.78 is 32.6. The van der Waals surface area contributed by atoms with Gasteiger partial charge in [0, 0.05) is 37.2 Å². The number of rotatable bonds is 3. The number of benzene rings is 1. The number of likely N-dealkylation sites (tertiary alicyclic amines) is 1. The predicted octanol–water partition coefficient (Wildman–Crippen LogP) is 2.54. The minimum Gasteiger partial charge on any atom is -0.381 e. The van der Waals surface area contributed by atoms with Crippen molar-refractivity contribution < 1.29 is 13.5 Å². The molecule has 23 heavy (non-hydrogen) atoms. The van der Waals surface area contributed by atoms with E-state index in [0.717, 1.165) is 63.8 Å². The van der Waals surface area contributed by atoms with Crippen LogP contribution in [-0.4, -0.2) is 43.7 Å². The Kier molecular flexibility index (Phi) is 4.80. The molecule has 1 unspecified atom stereocenters. The van der Waals surface area contributed by atoms with Crippen LogP contribution in [0.2, 0.25) is 0 Å². The van der Waals surface area contributed by atoms with Crippen LogP contribution in [0.25, 0.3) is 0 Å². The van der Waals surface area contributed by atoms with Gasteiger partial charge in [-0.25, -0.2) is 13.8 Å². The van der Waals surface area contributed by atoms with Crippen LogP contribution < -0.4 is 5.32 Å². The van der Waals surface area contributed by atoms with Crippen molar-refractivity contribution >= 4 is 5.96 Å². The predicted molar refractivity (Wildman–Crippen MR) is 85.2 cm³/mol. The van der Waals surface area contributed by atoms with E-state index in [1.54, 1.807) is 0 Å². The summed E-state index contributed by atoms with van der Waals surface area (Å²) in [7, 11) is 0. The number of hydrogen-bond acceptors (Lipinski definition) is 2. The molecule has 1 N–H and O–H groups in total. The lowest BCUT2D eigenvalue weighted by atomic mass is 9.87. The molecule has 2 aliphatic heterocycles. The first-order valence-electron chi connectivity index (χ1n) is 8.17. The molecule has 1 spiro atoms. The zero-order valence-corrected chi connectivity index (χ0v) is 13.4. The SMILES string of the molecule is CCNC(=NCc1cc(F)ccc1F)N1CCC2(CCOC2)C1. The van der Waals surface area contributed by atoms with Gasteiger partial charge >= 0.3 is 0 Å². The van der Waals surface area contributed by atoms with Gasteiger partial charge in [-0.15, -0.1) is 0 Å². The van der Waals surface area contributed by atoms with Gasteiger partial charge < -0.3 is 15.0 Å². The minimum absolute atomic E-state index is 0.131. The van der Waals surface area contributed by atoms with Crippen molar-refractivity contribution in [3.8, 4) is 0 Å². The highest BCUT2D eigenvalue weighted by Crippen LogP contribution is 2.38. The molecule has 6 heteroatoms. The van der Waals surface area contributed by atoms with Crippen LogP contribution in [0, 0.1) is 17.0 Å². The Morgan fingerprint density at radius 3 is 3.00 bits per heavy atom. The first-order chi connectivity index (χ1) is 11.1. The highest BCUT2D eigenvalue weighted by molar-refractivity contribution is 5.80. The summed E-state index contributed by atoms with van der Waals surface area (Å²) in [6.07, 6.45) is 2.17. The second kappa shape index (κ2) is 6.83. The second-order valence-electron chi connectivity index (χ2n) is 6.38. The molecular formula is C17H23F2N3O. The molecule has 2 aliphatic rings. The fourth-order valence-corrected chi connectivity index (χ4v) is 3.34. The number of aliphatic imine (C=N–C) groups is 1. The summed E-state index contributed by atoms with van der Waals surface area (Å²) in [5, 5.41) is 3.25. The lowest BCUT2D eigenvalue weighted by Gasteiger charge is -2.25. The molecular weight excluding hydrogens is 300 g/mol. The van der Waals surface area contributed by atoms with Gasteiger partial charge in [0.2, 0.25) is 0 Å². The number of nitrogens with zero attached hydrogens (tertiary/aromatic N) is 2. The Bertz CT molecular complexity index is 585. The lowest BCUT2D eigenvalue weighted by Crippen LogP contribution is -2.41. The van der Waals surface area contributed by atoms with E-state index in [1.165, 1.54) is 6.07 Å². The van der Waals surface area contributed by atoms with Crippen molar-refractivity contribution in [2.45, 2.75) is 26.3 Å². The van der Waals surface area contributed by atoms with Gasteiger partial charge in [-0.05, 0) is 38.0 Å². The van der Waals surface area contributed by atoms with E-state index in [1.807, 2.05) is 6.92 Å². The molecule has 126 valence electrons. The normalized spacial score (nSPS) is 24.7. The summed E-state index contributed by atoms with van der Waals surface area (Å²) in [6.45, 7) is 6.34. The van der Waals surface area contributed by atoms with Crippen molar-refractivity contribution in [1.82, 2.24) is 10.2 Å². The largest absolute Gasteiger partial charge is 0.381 e. The molecule has 0 saturated carbocycles. The van der Waals surface area contributed by atoms with Crippen LogP contribution >= 0.6 is 0 Å². The molecule has 0 bridgehead atoms. The summed E-state index contributed by atoms with van der Waals surface area (Å²) in [6, 6.07) is 3.48. The molecule has 2 fully saturated rings. The fourth-order valence-electron chi connectivity index (χ4n) is 3.34. The minimum atomic E-state index is -0.440. The molecule has 0 aromatic heterocycles. The van der Waals surface area contributed by atoms with E-state index in [4.69, 9.17) is 4.74 Å². The molecule has 1 aromatic rings. The molecule has 4 nitrogen and oxygen atoms in total. The third kappa shape index (κ3) is 3.63. The molecule has 1 atom stereocenters. The fraction of sp³-hybridized carbons (Fsp3) is 0.588. The maximum absolute atomic E-state index is 13.7. The van der Waals surface area contributed by atoms with Gasteiger partial charge in [-0.3, -0.25) is 0 Å². The number of halogens is 2. The van der Waals surface area contributed by atoms with Gasteiger partial charge in [0.25, 0.3) is 0 Å². The van der Waals surface area contributed by atoms with E-state index >= 15 is 0 Å². The topological polar surface area (TPSA) is 36.9 Å². The lowest BCUT2D eigenvalue weighted by molar-refractivity contribution is 0.156. The summed E-state index contributed by atoms with van der Waals surface area (Å²) >= 11 is 0. The van der Waals surface area contributed by atoms with E-state index in [9.17, 15) is 8.78 Å². The summed E-state index contributed by atoms with van der Waals surface area (Å²) in [5.41, 5.74) is 0.513. The van der Waals surface area contributed by atoms with E-state index in [2.05, 4.69) is 15.2 Å². The van der Waals surface area contributed by atoms with Crippen LogP contribution in [0.4, 0.5) is 8.78 Å². The van der Waals surface area contributed by atoms with Gasteiger partial charge in [-0.1, -0.05) is 0 Å². The third-order valence-electron chi connectivity index (χ3n) is 4.66. The molecule has 0 radical (unpaired) electrons. The van der Waals surface area contributed by atoms with Crippen LogP contribution in [0.3, 0.4) is 0 Å². The quantitative estimate of drug-likeness (QED) is 0.686. The molecule has 1 aromatic carbocycles. The maximum atomic E-state index is 13.7. The van der Waals surface area contributed by atoms with E-state index < -0.39 is 11.6 Å². The Balaban J connectivity index is 1.72.